The molecule has 0 aliphatic carbocycles. The number of carbonyl (C=O) groups excluding carboxylic acids is 1. The van der Waals surface area contributed by atoms with Gasteiger partial charge in [-0.2, -0.15) is 0 Å². The van der Waals surface area contributed by atoms with Gasteiger partial charge in [0.1, 0.15) is 0 Å². The first-order valence-electron chi connectivity index (χ1n) is 7.28. The lowest BCUT2D eigenvalue weighted by atomic mass is 9.80. The van der Waals surface area contributed by atoms with Crippen molar-refractivity contribution in [3.05, 3.63) is 72.6 Å². The van der Waals surface area contributed by atoms with Crippen molar-refractivity contribution in [3.8, 4) is 11.4 Å². The Kier molecular flexibility index (Phi) is 4.65. The first-order chi connectivity index (χ1) is 11.6. The lowest BCUT2D eigenvalue weighted by Crippen LogP contribution is -2.30. The van der Waals surface area contributed by atoms with Crippen molar-refractivity contribution in [3.63, 3.8) is 0 Å². The standard InChI is InChI=1S/C17H14BN3O3/c22-17(21-14-5-3-4-13(10-14)18(23)24)12-7-8-16(20-11-12)15-6-1-2-9-19-15/h1-11,23-24H,(H,21,22). The molecule has 3 aromatic rings. The molecule has 0 unspecified atom stereocenters. The van der Waals surface area contributed by atoms with E-state index in [1.807, 2.05) is 18.2 Å². The number of carbonyl (C=O) groups is 1. The minimum Gasteiger partial charge on any atom is -0.423 e. The molecule has 118 valence electrons. The third-order valence-electron chi connectivity index (χ3n) is 3.40. The molecule has 0 aliphatic rings. The highest BCUT2D eigenvalue weighted by Crippen LogP contribution is 2.14. The first-order valence-corrected chi connectivity index (χ1v) is 7.28. The van der Waals surface area contributed by atoms with Crippen LogP contribution in [0, 0.1) is 0 Å². The summed E-state index contributed by atoms with van der Waals surface area (Å²) >= 11 is 0. The van der Waals surface area contributed by atoms with Crippen molar-refractivity contribution in [1.29, 1.82) is 0 Å². The molecule has 2 aromatic heterocycles. The van der Waals surface area contributed by atoms with Gasteiger partial charge >= 0.3 is 7.12 Å². The molecule has 7 heteroatoms. The van der Waals surface area contributed by atoms with E-state index in [0.717, 1.165) is 5.69 Å². The van der Waals surface area contributed by atoms with E-state index in [-0.39, 0.29) is 5.91 Å². The maximum absolute atomic E-state index is 12.3. The number of amides is 1. The van der Waals surface area contributed by atoms with Crippen LogP contribution in [0.2, 0.25) is 0 Å². The summed E-state index contributed by atoms with van der Waals surface area (Å²) in [7, 11) is -1.58. The molecule has 0 bridgehead atoms. The molecule has 0 radical (unpaired) electrons. The Hall–Kier alpha value is -3.03. The van der Waals surface area contributed by atoms with Gasteiger partial charge in [-0.3, -0.25) is 14.8 Å². The van der Waals surface area contributed by atoms with Crippen molar-refractivity contribution in [2.75, 3.05) is 5.32 Å². The van der Waals surface area contributed by atoms with Gasteiger partial charge in [0, 0.05) is 18.1 Å². The van der Waals surface area contributed by atoms with E-state index in [0.29, 0.717) is 22.4 Å². The van der Waals surface area contributed by atoms with Crippen LogP contribution in [0.4, 0.5) is 5.69 Å². The second-order valence-electron chi connectivity index (χ2n) is 5.10. The molecule has 3 rings (SSSR count). The first kappa shape index (κ1) is 15.9. The monoisotopic (exact) mass is 319 g/mol. The van der Waals surface area contributed by atoms with Crippen LogP contribution in [0.5, 0.6) is 0 Å². The van der Waals surface area contributed by atoms with Gasteiger partial charge in [0.25, 0.3) is 5.91 Å². The summed E-state index contributed by atoms with van der Waals surface area (Å²) in [5.41, 5.74) is 2.58. The summed E-state index contributed by atoms with van der Waals surface area (Å²) in [6.07, 6.45) is 3.16. The normalized spacial score (nSPS) is 10.2. The van der Waals surface area contributed by atoms with Gasteiger partial charge in [0.05, 0.1) is 17.0 Å². The predicted molar refractivity (Wildman–Crippen MR) is 91.7 cm³/mol. The van der Waals surface area contributed by atoms with Gasteiger partial charge in [0.15, 0.2) is 0 Å². The number of aromatic nitrogens is 2. The summed E-state index contributed by atoms with van der Waals surface area (Å²) in [6, 6.07) is 15.3. The van der Waals surface area contributed by atoms with Crippen LogP contribution in [-0.2, 0) is 0 Å². The predicted octanol–water partition coefficient (Wildman–Crippen LogP) is 1.08. The fourth-order valence-corrected chi connectivity index (χ4v) is 2.17. The van der Waals surface area contributed by atoms with Crippen LogP contribution < -0.4 is 10.8 Å². The van der Waals surface area contributed by atoms with Gasteiger partial charge < -0.3 is 15.4 Å². The molecule has 1 amide bonds. The van der Waals surface area contributed by atoms with Crippen molar-refractivity contribution < 1.29 is 14.8 Å². The molecule has 0 spiro atoms. The highest BCUT2D eigenvalue weighted by molar-refractivity contribution is 6.58. The smallest absolute Gasteiger partial charge is 0.423 e. The van der Waals surface area contributed by atoms with Gasteiger partial charge in [-0.25, -0.2) is 0 Å². The number of hydrogen-bond donors (Lipinski definition) is 3. The van der Waals surface area contributed by atoms with Crippen LogP contribution in [0.15, 0.2) is 67.0 Å². The molecule has 0 saturated carbocycles. The Labute approximate surface area is 139 Å². The molecule has 0 aliphatic heterocycles. The zero-order valence-corrected chi connectivity index (χ0v) is 12.6. The maximum atomic E-state index is 12.3. The fourth-order valence-electron chi connectivity index (χ4n) is 2.17. The van der Waals surface area contributed by atoms with E-state index in [1.165, 1.54) is 12.3 Å². The Balaban J connectivity index is 1.75. The molecule has 0 atom stereocenters. The van der Waals surface area contributed by atoms with Gasteiger partial charge in [-0.1, -0.05) is 18.2 Å². The summed E-state index contributed by atoms with van der Waals surface area (Å²) < 4.78 is 0. The van der Waals surface area contributed by atoms with E-state index in [9.17, 15) is 4.79 Å². The largest absolute Gasteiger partial charge is 0.488 e. The SMILES string of the molecule is O=C(Nc1cccc(B(O)O)c1)c1ccc(-c2ccccn2)nc1. The Morgan fingerprint density at radius 2 is 1.79 bits per heavy atom. The number of nitrogens with zero attached hydrogens (tertiary/aromatic N) is 2. The number of rotatable bonds is 4. The minimum atomic E-state index is -1.58. The average molecular weight is 319 g/mol. The molecular weight excluding hydrogens is 305 g/mol. The zero-order valence-electron chi connectivity index (χ0n) is 12.6. The molecule has 24 heavy (non-hydrogen) atoms. The van der Waals surface area contributed by atoms with Crippen LogP contribution >= 0.6 is 0 Å². The van der Waals surface area contributed by atoms with Crippen LogP contribution in [0.3, 0.4) is 0 Å². The summed E-state index contributed by atoms with van der Waals surface area (Å²) in [4.78, 5) is 20.7. The third-order valence-corrected chi connectivity index (χ3v) is 3.40. The summed E-state index contributed by atoms with van der Waals surface area (Å²) in [5, 5.41) is 21.0. The molecule has 3 N–H and O–H groups in total. The number of nitrogens with one attached hydrogen (secondary N) is 1. The van der Waals surface area contributed by atoms with E-state index < -0.39 is 7.12 Å². The second kappa shape index (κ2) is 7.03. The molecular formula is C17H14BN3O3. The van der Waals surface area contributed by atoms with Gasteiger partial charge in [-0.15, -0.1) is 0 Å². The lowest BCUT2D eigenvalue weighted by Gasteiger charge is -2.07. The summed E-state index contributed by atoms with van der Waals surface area (Å²) in [6.45, 7) is 0. The van der Waals surface area contributed by atoms with E-state index >= 15 is 0 Å². The minimum absolute atomic E-state index is 0.302. The van der Waals surface area contributed by atoms with Crippen LogP contribution in [0.1, 0.15) is 10.4 Å². The lowest BCUT2D eigenvalue weighted by molar-refractivity contribution is 0.102. The topological polar surface area (TPSA) is 95.3 Å². The highest BCUT2D eigenvalue weighted by atomic mass is 16.4. The second-order valence-corrected chi connectivity index (χ2v) is 5.10. The van der Waals surface area contributed by atoms with Crippen molar-refractivity contribution in [1.82, 2.24) is 9.97 Å². The van der Waals surface area contributed by atoms with Crippen molar-refractivity contribution >= 4 is 24.2 Å². The quantitative estimate of drug-likeness (QED) is 0.625. The molecule has 6 nitrogen and oxygen atoms in total. The molecule has 0 saturated heterocycles. The Morgan fingerprint density at radius 3 is 2.46 bits per heavy atom. The maximum Gasteiger partial charge on any atom is 0.488 e. The molecule has 0 fully saturated rings. The van der Waals surface area contributed by atoms with E-state index in [1.54, 1.807) is 36.5 Å². The summed E-state index contributed by atoms with van der Waals surface area (Å²) in [5.74, 6) is -0.334. The number of pyridine rings is 2. The van der Waals surface area contributed by atoms with Crippen molar-refractivity contribution in [2.24, 2.45) is 0 Å². The number of hydrogen-bond acceptors (Lipinski definition) is 5. The molecule has 1 aromatic carbocycles. The van der Waals surface area contributed by atoms with Crippen LogP contribution in [0.25, 0.3) is 11.4 Å². The fraction of sp³-hybridized carbons (Fsp3) is 0. The van der Waals surface area contributed by atoms with E-state index in [4.69, 9.17) is 10.0 Å². The Morgan fingerprint density at radius 1 is 0.958 bits per heavy atom. The van der Waals surface area contributed by atoms with Crippen molar-refractivity contribution in [2.45, 2.75) is 0 Å². The number of anilines is 1. The zero-order chi connectivity index (χ0) is 16.9. The highest BCUT2D eigenvalue weighted by Gasteiger charge is 2.12. The average Bonchev–Trinajstić information content (AvgIpc) is 2.63. The number of benzene rings is 1. The molecule has 2 heterocycles. The van der Waals surface area contributed by atoms with Gasteiger partial charge in [-0.05, 0) is 41.9 Å². The van der Waals surface area contributed by atoms with Gasteiger partial charge in [0.2, 0.25) is 0 Å². The van der Waals surface area contributed by atoms with E-state index in [2.05, 4.69) is 15.3 Å². The van der Waals surface area contributed by atoms with Crippen LogP contribution in [-0.4, -0.2) is 33.0 Å². The third kappa shape index (κ3) is 3.65. The Bertz CT molecular complexity index is 839.